The first-order valence-corrected chi connectivity index (χ1v) is 4.50. The van der Waals surface area contributed by atoms with Crippen molar-refractivity contribution in [3.05, 3.63) is 41.5 Å². The highest BCUT2D eigenvalue weighted by molar-refractivity contribution is 5.94. The number of nitrogens with one attached hydrogen (secondary N) is 1. The lowest BCUT2D eigenvalue weighted by atomic mass is 10.1. The Kier molecular flexibility index (Phi) is 2.46. The van der Waals surface area contributed by atoms with Crippen molar-refractivity contribution in [2.45, 2.75) is 0 Å². The molecule has 2 rings (SSSR count). The topological polar surface area (TPSA) is 12.0 Å². The Morgan fingerprint density at radius 2 is 1.50 bits per heavy atom. The minimum Gasteiger partial charge on any atom is -0.388 e. The lowest BCUT2D eigenvalue weighted by Gasteiger charge is -2.09. The van der Waals surface area contributed by atoms with E-state index in [0.717, 1.165) is 0 Å². The van der Waals surface area contributed by atoms with E-state index in [1.807, 2.05) is 0 Å². The molecule has 5 heteroatoms. The normalized spacial score (nSPS) is 10.8. The summed E-state index contributed by atoms with van der Waals surface area (Å²) in [7, 11) is 1.48. The van der Waals surface area contributed by atoms with Crippen LogP contribution in [0.1, 0.15) is 0 Å². The van der Waals surface area contributed by atoms with Crippen molar-refractivity contribution in [2.75, 3.05) is 12.4 Å². The fourth-order valence-corrected chi connectivity index (χ4v) is 1.60. The standard InChI is InChI=1S/C11H7F4N/c1-16-6-4-2-3-5-7(6)9(13)11(15)10(14)8(5)12/h2-4,16H,1H3. The van der Waals surface area contributed by atoms with Gasteiger partial charge in [-0.2, -0.15) is 0 Å². The number of hydrogen-bond acceptors (Lipinski definition) is 1. The van der Waals surface area contributed by atoms with Crippen LogP contribution in [0.25, 0.3) is 10.8 Å². The van der Waals surface area contributed by atoms with Crippen molar-refractivity contribution in [3.63, 3.8) is 0 Å². The third-order valence-corrected chi connectivity index (χ3v) is 2.37. The van der Waals surface area contributed by atoms with Gasteiger partial charge in [-0.25, -0.2) is 17.6 Å². The molecule has 0 fully saturated rings. The summed E-state index contributed by atoms with van der Waals surface area (Å²) in [4.78, 5) is 0. The number of rotatable bonds is 1. The van der Waals surface area contributed by atoms with Crippen LogP contribution in [0.5, 0.6) is 0 Å². The van der Waals surface area contributed by atoms with Gasteiger partial charge in [0.25, 0.3) is 0 Å². The molecule has 0 amide bonds. The Balaban J connectivity index is 3.02. The predicted octanol–water partition coefficient (Wildman–Crippen LogP) is 3.44. The number of benzene rings is 2. The summed E-state index contributed by atoms with van der Waals surface area (Å²) < 4.78 is 52.8. The molecule has 2 aromatic rings. The van der Waals surface area contributed by atoms with Gasteiger partial charge in [0.15, 0.2) is 23.3 Å². The zero-order chi connectivity index (χ0) is 11.9. The van der Waals surface area contributed by atoms with Crippen LogP contribution < -0.4 is 5.32 Å². The van der Waals surface area contributed by atoms with E-state index in [1.54, 1.807) is 0 Å². The van der Waals surface area contributed by atoms with E-state index in [9.17, 15) is 17.6 Å². The summed E-state index contributed by atoms with van der Waals surface area (Å²) in [5.41, 5.74) is 0.202. The van der Waals surface area contributed by atoms with E-state index in [2.05, 4.69) is 5.32 Å². The van der Waals surface area contributed by atoms with Gasteiger partial charge >= 0.3 is 0 Å². The molecule has 0 aliphatic heterocycles. The minimum absolute atomic E-state index is 0.202. The highest BCUT2D eigenvalue weighted by atomic mass is 19.2. The molecule has 0 aliphatic carbocycles. The Morgan fingerprint density at radius 3 is 2.12 bits per heavy atom. The van der Waals surface area contributed by atoms with Crippen LogP contribution in [-0.2, 0) is 0 Å². The van der Waals surface area contributed by atoms with Crippen molar-refractivity contribution >= 4 is 16.5 Å². The van der Waals surface area contributed by atoms with E-state index in [1.165, 1.54) is 25.2 Å². The Bertz CT molecular complexity index is 566. The van der Waals surface area contributed by atoms with Gasteiger partial charge in [-0.1, -0.05) is 12.1 Å². The van der Waals surface area contributed by atoms with Crippen molar-refractivity contribution in [2.24, 2.45) is 0 Å². The zero-order valence-corrected chi connectivity index (χ0v) is 8.24. The lowest BCUT2D eigenvalue weighted by Crippen LogP contribution is -2.00. The molecular weight excluding hydrogens is 222 g/mol. The second-order valence-corrected chi connectivity index (χ2v) is 3.23. The molecule has 1 nitrogen and oxygen atoms in total. The number of halogens is 4. The van der Waals surface area contributed by atoms with E-state index in [-0.39, 0.29) is 16.5 Å². The molecule has 0 spiro atoms. The molecule has 0 saturated heterocycles. The molecule has 0 aromatic heterocycles. The Labute approximate surface area is 88.7 Å². The van der Waals surface area contributed by atoms with Gasteiger partial charge in [-0.05, 0) is 6.07 Å². The third kappa shape index (κ3) is 1.31. The highest BCUT2D eigenvalue weighted by Gasteiger charge is 2.21. The molecule has 1 N–H and O–H groups in total. The van der Waals surface area contributed by atoms with Crippen LogP contribution in [0.2, 0.25) is 0 Å². The Morgan fingerprint density at radius 1 is 0.875 bits per heavy atom. The summed E-state index contributed by atoms with van der Waals surface area (Å²) >= 11 is 0. The Hall–Kier alpha value is -1.78. The maximum atomic E-state index is 13.5. The van der Waals surface area contributed by atoms with E-state index in [0.29, 0.717) is 0 Å². The summed E-state index contributed by atoms with van der Waals surface area (Å²) in [6.45, 7) is 0. The predicted molar refractivity (Wildman–Crippen MR) is 53.3 cm³/mol. The summed E-state index contributed by atoms with van der Waals surface area (Å²) in [6, 6.07) is 4.06. The first kappa shape index (κ1) is 10.7. The van der Waals surface area contributed by atoms with Crippen LogP contribution in [0.4, 0.5) is 23.2 Å². The molecule has 0 saturated carbocycles. The minimum atomic E-state index is -1.80. The van der Waals surface area contributed by atoms with Gasteiger partial charge < -0.3 is 5.32 Å². The van der Waals surface area contributed by atoms with Crippen LogP contribution in [-0.4, -0.2) is 7.05 Å². The molecule has 0 radical (unpaired) electrons. The first-order chi connectivity index (χ1) is 7.57. The quantitative estimate of drug-likeness (QED) is 0.448. The summed E-state index contributed by atoms with van der Waals surface area (Å²) in [6.07, 6.45) is 0. The van der Waals surface area contributed by atoms with Crippen molar-refractivity contribution in [1.82, 2.24) is 0 Å². The molecule has 0 aliphatic rings. The smallest absolute Gasteiger partial charge is 0.198 e. The average Bonchev–Trinajstić information content (AvgIpc) is 2.32. The molecule has 84 valence electrons. The zero-order valence-electron chi connectivity index (χ0n) is 8.24. The van der Waals surface area contributed by atoms with E-state index >= 15 is 0 Å². The van der Waals surface area contributed by atoms with Crippen molar-refractivity contribution < 1.29 is 17.6 Å². The largest absolute Gasteiger partial charge is 0.388 e. The fourth-order valence-electron chi connectivity index (χ4n) is 1.60. The average molecular weight is 229 g/mol. The van der Waals surface area contributed by atoms with E-state index in [4.69, 9.17) is 0 Å². The molecule has 0 bridgehead atoms. The van der Waals surface area contributed by atoms with Gasteiger partial charge in [0.2, 0.25) is 0 Å². The van der Waals surface area contributed by atoms with Gasteiger partial charge in [-0.3, -0.25) is 0 Å². The molecule has 16 heavy (non-hydrogen) atoms. The van der Waals surface area contributed by atoms with Gasteiger partial charge in [-0.15, -0.1) is 0 Å². The van der Waals surface area contributed by atoms with Crippen molar-refractivity contribution in [1.29, 1.82) is 0 Å². The number of fused-ring (bicyclic) bond motifs is 1. The number of hydrogen-bond donors (Lipinski definition) is 1. The molecule has 0 atom stereocenters. The third-order valence-electron chi connectivity index (χ3n) is 2.37. The fraction of sp³-hybridized carbons (Fsp3) is 0.0909. The van der Waals surface area contributed by atoms with Gasteiger partial charge in [0.05, 0.1) is 0 Å². The summed E-state index contributed by atoms with van der Waals surface area (Å²) in [5.74, 6) is -6.36. The second-order valence-electron chi connectivity index (χ2n) is 3.23. The molecule has 2 aromatic carbocycles. The van der Waals surface area contributed by atoms with Gasteiger partial charge in [0.1, 0.15) is 0 Å². The van der Waals surface area contributed by atoms with Crippen LogP contribution in [0, 0.1) is 23.3 Å². The SMILES string of the molecule is CNc1cccc2c(F)c(F)c(F)c(F)c12. The van der Waals surface area contributed by atoms with Crippen molar-refractivity contribution in [3.8, 4) is 0 Å². The second kappa shape index (κ2) is 3.66. The maximum Gasteiger partial charge on any atom is 0.198 e. The molecule has 0 unspecified atom stereocenters. The monoisotopic (exact) mass is 229 g/mol. The van der Waals surface area contributed by atoms with Gasteiger partial charge in [0, 0.05) is 23.5 Å². The molecule has 0 heterocycles. The highest BCUT2D eigenvalue weighted by Crippen LogP contribution is 2.31. The number of anilines is 1. The van der Waals surface area contributed by atoms with E-state index < -0.39 is 23.3 Å². The van der Waals surface area contributed by atoms with Crippen LogP contribution >= 0.6 is 0 Å². The van der Waals surface area contributed by atoms with Crippen LogP contribution in [0.3, 0.4) is 0 Å². The van der Waals surface area contributed by atoms with Crippen LogP contribution in [0.15, 0.2) is 18.2 Å². The first-order valence-electron chi connectivity index (χ1n) is 4.50. The maximum absolute atomic E-state index is 13.5. The molecular formula is C11H7F4N. The summed E-state index contributed by atoms with van der Waals surface area (Å²) in [5, 5.41) is 2.01. The lowest BCUT2D eigenvalue weighted by molar-refractivity contribution is 0.418.